The zero-order valence-corrected chi connectivity index (χ0v) is 17.8. The van der Waals surface area contributed by atoms with Crippen molar-refractivity contribution in [2.24, 2.45) is 0 Å². The Labute approximate surface area is 193 Å². The van der Waals surface area contributed by atoms with E-state index in [0.717, 1.165) is 34.4 Å². The summed E-state index contributed by atoms with van der Waals surface area (Å²) in [5, 5.41) is 12.3. The van der Waals surface area contributed by atoms with Gasteiger partial charge in [-0.3, -0.25) is 0 Å². The number of alkyl carbamates (subject to hydrolysis) is 1. The molecule has 4 aromatic rings. The molecule has 0 bridgehead atoms. The summed E-state index contributed by atoms with van der Waals surface area (Å²) in [5.41, 5.74) is 5.01. The molecule has 34 heavy (non-hydrogen) atoms. The molecule has 0 radical (unpaired) electrons. The van der Waals surface area contributed by atoms with Crippen LogP contribution in [0.3, 0.4) is 0 Å². The summed E-state index contributed by atoms with van der Waals surface area (Å²) in [4.78, 5) is 27.1. The number of rotatable bonds is 6. The van der Waals surface area contributed by atoms with Gasteiger partial charge in [0.2, 0.25) is 0 Å². The van der Waals surface area contributed by atoms with Crippen LogP contribution in [0, 0.1) is 11.6 Å². The number of H-pyrrole nitrogens is 1. The molecule has 8 heteroatoms. The van der Waals surface area contributed by atoms with Gasteiger partial charge in [-0.05, 0) is 33.9 Å². The van der Waals surface area contributed by atoms with Crippen molar-refractivity contribution >= 4 is 23.0 Å². The van der Waals surface area contributed by atoms with Crippen LogP contribution in [0.2, 0.25) is 0 Å². The third-order valence-electron chi connectivity index (χ3n) is 6.17. The third kappa shape index (κ3) is 3.87. The fourth-order valence-corrected chi connectivity index (χ4v) is 4.55. The minimum atomic E-state index is -1.32. The van der Waals surface area contributed by atoms with E-state index < -0.39 is 29.7 Å². The van der Waals surface area contributed by atoms with Gasteiger partial charge in [-0.15, -0.1) is 0 Å². The van der Waals surface area contributed by atoms with Crippen molar-refractivity contribution < 1.29 is 28.2 Å². The first-order valence-electron chi connectivity index (χ1n) is 10.7. The van der Waals surface area contributed by atoms with E-state index in [0.29, 0.717) is 16.5 Å². The molecule has 6 nitrogen and oxygen atoms in total. The first kappa shape index (κ1) is 21.6. The summed E-state index contributed by atoms with van der Waals surface area (Å²) in [6.45, 7) is 0.0454. The number of hydrogen-bond donors (Lipinski definition) is 3. The van der Waals surface area contributed by atoms with Crippen molar-refractivity contribution in [2.45, 2.75) is 18.4 Å². The predicted molar refractivity (Wildman–Crippen MR) is 122 cm³/mol. The number of carboxylic acid groups (broad SMARTS) is 1. The number of halogens is 2. The second kappa shape index (κ2) is 8.62. The van der Waals surface area contributed by atoms with Crippen molar-refractivity contribution in [1.82, 2.24) is 10.3 Å². The number of benzene rings is 3. The number of carboxylic acids is 1. The number of fused-ring (bicyclic) bond motifs is 4. The molecule has 3 aromatic carbocycles. The highest BCUT2D eigenvalue weighted by Crippen LogP contribution is 2.44. The van der Waals surface area contributed by atoms with E-state index in [1.807, 2.05) is 48.5 Å². The van der Waals surface area contributed by atoms with Crippen LogP contribution in [0.25, 0.3) is 22.0 Å². The molecular weight excluding hydrogens is 442 g/mol. The van der Waals surface area contributed by atoms with Gasteiger partial charge in [0.1, 0.15) is 12.6 Å². The number of carbonyl (C=O) groups is 2. The van der Waals surface area contributed by atoms with Gasteiger partial charge in [0.15, 0.2) is 11.6 Å². The molecule has 1 heterocycles. The molecule has 0 saturated carbocycles. The fourth-order valence-electron chi connectivity index (χ4n) is 4.55. The number of aliphatic carboxylic acids is 1. The minimum absolute atomic E-state index is 0.0454. The number of ether oxygens (including phenoxy) is 1. The fraction of sp³-hybridized carbons (Fsp3) is 0.154. The molecule has 3 N–H and O–H groups in total. The zero-order chi connectivity index (χ0) is 23.8. The molecule has 1 aliphatic rings. The van der Waals surface area contributed by atoms with Crippen molar-refractivity contribution in [3.05, 3.63) is 95.2 Å². The van der Waals surface area contributed by atoms with Gasteiger partial charge in [0.25, 0.3) is 0 Å². The molecule has 172 valence electrons. The number of aromatic nitrogens is 1. The maximum Gasteiger partial charge on any atom is 0.407 e. The maximum atomic E-state index is 13.7. The van der Waals surface area contributed by atoms with Crippen molar-refractivity contribution in [1.29, 1.82) is 0 Å². The van der Waals surface area contributed by atoms with E-state index in [2.05, 4.69) is 10.3 Å². The molecule has 1 aliphatic carbocycles. The molecule has 0 aliphatic heterocycles. The predicted octanol–water partition coefficient (Wildman–Crippen LogP) is 4.98. The molecule has 1 aromatic heterocycles. The van der Waals surface area contributed by atoms with E-state index in [1.54, 1.807) is 0 Å². The average Bonchev–Trinajstić information content (AvgIpc) is 3.36. The zero-order valence-electron chi connectivity index (χ0n) is 17.8. The Morgan fingerprint density at radius 3 is 2.26 bits per heavy atom. The van der Waals surface area contributed by atoms with Gasteiger partial charge in [0.05, 0.1) is 0 Å². The standard InChI is InChI=1S/C26H20F2N2O4/c27-21-10-19-14(12-29-23(19)11-22(21)28)9-24(25(31)32)30-26(33)34-13-20-17-7-3-1-5-15(17)16-6-2-4-8-18(16)20/h1-8,10-12,20,24,29H,9,13H2,(H,30,33)(H,31,32)/t24-/m0/s1. The minimum Gasteiger partial charge on any atom is -0.480 e. The smallest absolute Gasteiger partial charge is 0.407 e. The number of hydrogen-bond acceptors (Lipinski definition) is 3. The average molecular weight is 462 g/mol. The topological polar surface area (TPSA) is 91.4 Å². The highest BCUT2D eigenvalue weighted by molar-refractivity contribution is 5.86. The molecule has 0 spiro atoms. The number of carbonyl (C=O) groups excluding carboxylic acids is 1. The lowest BCUT2D eigenvalue weighted by atomic mass is 9.98. The second-order valence-electron chi connectivity index (χ2n) is 8.19. The lowest BCUT2D eigenvalue weighted by molar-refractivity contribution is -0.139. The number of aromatic amines is 1. The lowest BCUT2D eigenvalue weighted by Crippen LogP contribution is -2.42. The second-order valence-corrected chi connectivity index (χ2v) is 8.19. The summed E-state index contributed by atoms with van der Waals surface area (Å²) in [6, 6.07) is 16.5. The lowest BCUT2D eigenvalue weighted by Gasteiger charge is -2.17. The Morgan fingerprint density at radius 1 is 1.00 bits per heavy atom. The molecule has 0 unspecified atom stereocenters. The molecule has 0 fully saturated rings. The molecule has 1 atom stereocenters. The normalized spacial score (nSPS) is 13.4. The molecule has 5 rings (SSSR count). The molecular formula is C26H20F2N2O4. The summed E-state index contributed by atoms with van der Waals surface area (Å²) in [6.07, 6.45) is 0.468. The Balaban J connectivity index is 1.29. The Morgan fingerprint density at radius 2 is 1.62 bits per heavy atom. The third-order valence-corrected chi connectivity index (χ3v) is 6.17. The van der Waals surface area contributed by atoms with Gasteiger partial charge in [0, 0.05) is 35.5 Å². The quantitative estimate of drug-likeness (QED) is 0.377. The Kier molecular flexibility index (Phi) is 5.49. The van der Waals surface area contributed by atoms with Crippen LogP contribution in [0.15, 0.2) is 66.9 Å². The van der Waals surface area contributed by atoms with Crippen LogP contribution in [0.5, 0.6) is 0 Å². The van der Waals surface area contributed by atoms with E-state index in [-0.39, 0.29) is 18.9 Å². The Bertz CT molecular complexity index is 1370. The monoisotopic (exact) mass is 462 g/mol. The van der Waals surface area contributed by atoms with Gasteiger partial charge < -0.3 is 20.1 Å². The van der Waals surface area contributed by atoms with Crippen LogP contribution in [0.1, 0.15) is 22.6 Å². The maximum absolute atomic E-state index is 13.7. The van der Waals surface area contributed by atoms with Crippen molar-refractivity contribution in [3.63, 3.8) is 0 Å². The van der Waals surface area contributed by atoms with Crippen molar-refractivity contribution in [3.8, 4) is 11.1 Å². The summed E-state index contributed by atoms with van der Waals surface area (Å²) in [5.74, 6) is -3.48. The highest BCUT2D eigenvalue weighted by Gasteiger charge is 2.30. The summed E-state index contributed by atoms with van der Waals surface area (Å²) in [7, 11) is 0. The first-order chi connectivity index (χ1) is 16.4. The van der Waals surface area contributed by atoms with E-state index in [9.17, 15) is 23.5 Å². The van der Waals surface area contributed by atoms with E-state index >= 15 is 0 Å². The van der Waals surface area contributed by atoms with Crippen LogP contribution >= 0.6 is 0 Å². The molecule has 0 saturated heterocycles. The van der Waals surface area contributed by atoms with Gasteiger partial charge in [-0.25, -0.2) is 18.4 Å². The first-order valence-corrected chi connectivity index (χ1v) is 10.7. The van der Waals surface area contributed by atoms with Gasteiger partial charge >= 0.3 is 12.1 Å². The largest absolute Gasteiger partial charge is 0.480 e. The molecule has 1 amide bonds. The number of nitrogens with one attached hydrogen (secondary N) is 2. The van der Waals surface area contributed by atoms with E-state index in [4.69, 9.17) is 4.74 Å². The summed E-state index contributed by atoms with van der Waals surface area (Å²) < 4.78 is 32.6. The SMILES string of the molecule is O=C(N[C@@H](Cc1c[nH]c2cc(F)c(F)cc12)C(=O)O)OCC1c2ccccc2-c2ccccc21. The van der Waals surface area contributed by atoms with Crippen LogP contribution in [-0.2, 0) is 16.0 Å². The van der Waals surface area contributed by atoms with Gasteiger partial charge in [-0.2, -0.15) is 0 Å². The van der Waals surface area contributed by atoms with Crippen LogP contribution in [0.4, 0.5) is 13.6 Å². The Hall–Kier alpha value is -4.20. The van der Waals surface area contributed by atoms with Crippen LogP contribution < -0.4 is 5.32 Å². The highest BCUT2D eigenvalue weighted by atomic mass is 19.2. The van der Waals surface area contributed by atoms with Crippen LogP contribution in [-0.4, -0.2) is 34.8 Å². The van der Waals surface area contributed by atoms with Gasteiger partial charge in [-0.1, -0.05) is 48.5 Å². The number of amides is 1. The summed E-state index contributed by atoms with van der Waals surface area (Å²) >= 11 is 0. The van der Waals surface area contributed by atoms with E-state index in [1.165, 1.54) is 6.20 Å². The van der Waals surface area contributed by atoms with Crippen molar-refractivity contribution in [2.75, 3.05) is 6.61 Å².